The maximum absolute atomic E-state index is 10.7. The smallest absolute Gasteiger partial charge is 0.135 e. The van der Waals surface area contributed by atoms with Crippen LogP contribution in [0.5, 0.6) is 0 Å². The minimum absolute atomic E-state index is 0.0108. The third kappa shape index (κ3) is 1.29. The van der Waals surface area contributed by atoms with Crippen LogP contribution in [0.25, 0.3) is 10.9 Å². The van der Waals surface area contributed by atoms with Crippen molar-refractivity contribution in [3.05, 3.63) is 35.5 Å². The van der Waals surface area contributed by atoms with Crippen molar-refractivity contribution >= 4 is 10.9 Å². The minimum atomic E-state index is -0.353. The average Bonchev–Trinajstić information content (AvgIpc) is 3.09. The fourth-order valence-electron chi connectivity index (χ4n) is 6.17. The molecule has 4 heteroatoms. The Kier molecular flexibility index (Phi) is 2.26. The van der Waals surface area contributed by atoms with Gasteiger partial charge in [0.15, 0.2) is 0 Å². The van der Waals surface area contributed by atoms with E-state index in [2.05, 4.69) is 40.7 Å². The second-order valence-electron chi connectivity index (χ2n) is 7.77. The van der Waals surface area contributed by atoms with Crippen LogP contribution in [-0.2, 0) is 11.2 Å². The van der Waals surface area contributed by atoms with Crippen molar-refractivity contribution in [3.8, 4) is 0 Å². The molecule has 5 heterocycles. The second kappa shape index (κ2) is 4.00. The summed E-state index contributed by atoms with van der Waals surface area (Å²) in [6.07, 6.45) is 2.93. The summed E-state index contributed by atoms with van der Waals surface area (Å²) < 4.78 is 8.94. The van der Waals surface area contributed by atoms with E-state index >= 15 is 0 Å². The maximum atomic E-state index is 10.7. The number of aromatic nitrogens is 1. The summed E-state index contributed by atoms with van der Waals surface area (Å²) in [5, 5.41) is 12.1. The van der Waals surface area contributed by atoms with Crippen molar-refractivity contribution in [2.75, 3.05) is 13.1 Å². The van der Waals surface area contributed by atoms with Crippen LogP contribution in [-0.4, -0.2) is 39.9 Å². The van der Waals surface area contributed by atoms with E-state index in [4.69, 9.17) is 4.74 Å². The molecule has 2 fully saturated rings. The molecular weight excluding hydrogens is 288 g/mol. The number of aliphatic hydroxyl groups excluding tert-OH is 1. The lowest BCUT2D eigenvalue weighted by atomic mass is 9.63. The molecule has 6 rings (SSSR count). The van der Waals surface area contributed by atoms with E-state index in [9.17, 15) is 5.11 Å². The van der Waals surface area contributed by atoms with Gasteiger partial charge in [-0.3, -0.25) is 4.90 Å². The normalized spacial score (nSPS) is 40.8. The zero-order valence-electron chi connectivity index (χ0n) is 13.4. The molecule has 4 aliphatic rings. The molecule has 2 bridgehead atoms. The van der Waals surface area contributed by atoms with E-state index in [1.165, 1.54) is 22.2 Å². The van der Waals surface area contributed by atoms with Crippen molar-refractivity contribution in [1.82, 2.24) is 9.47 Å². The van der Waals surface area contributed by atoms with Gasteiger partial charge in [0.05, 0.1) is 23.8 Å². The highest BCUT2D eigenvalue weighted by Gasteiger charge is 2.64. The number of para-hydroxylation sites is 1. The standard InChI is InChI=1S/C19H22N2O2/c1-2-19-9-15-21-13-6-4-3-5-11(13)12-7-8-20(17(19)16(12)21)10-14(22)18(19)23-15/h3-6,14-15,17-18,22H,2,7-10H2,1H3/t14-,15+,17+,18+,19-/m0/s1. The Balaban J connectivity index is 1.73. The summed E-state index contributed by atoms with van der Waals surface area (Å²) in [5.41, 5.74) is 4.42. The van der Waals surface area contributed by atoms with Crippen LogP contribution >= 0.6 is 0 Å². The lowest BCUT2D eigenvalue weighted by Gasteiger charge is -2.55. The molecule has 4 nitrogen and oxygen atoms in total. The number of rotatable bonds is 1. The van der Waals surface area contributed by atoms with Crippen LogP contribution in [0.3, 0.4) is 0 Å². The first kappa shape index (κ1) is 13.0. The summed E-state index contributed by atoms with van der Waals surface area (Å²) in [6, 6.07) is 9.20. The molecule has 0 radical (unpaired) electrons. The van der Waals surface area contributed by atoms with Gasteiger partial charge in [0.25, 0.3) is 0 Å². The minimum Gasteiger partial charge on any atom is -0.389 e. The van der Waals surface area contributed by atoms with Crippen molar-refractivity contribution in [2.24, 2.45) is 5.41 Å². The molecule has 0 saturated carbocycles. The van der Waals surface area contributed by atoms with Crippen molar-refractivity contribution < 1.29 is 9.84 Å². The van der Waals surface area contributed by atoms with Crippen molar-refractivity contribution in [1.29, 1.82) is 0 Å². The molecule has 1 N–H and O–H groups in total. The van der Waals surface area contributed by atoms with E-state index in [1.807, 2.05) is 0 Å². The van der Waals surface area contributed by atoms with Crippen molar-refractivity contribution in [2.45, 2.75) is 50.7 Å². The number of nitrogens with zero attached hydrogens (tertiary/aromatic N) is 2. The van der Waals surface area contributed by atoms with Gasteiger partial charge in [0.2, 0.25) is 0 Å². The Morgan fingerprint density at radius 1 is 1.35 bits per heavy atom. The summed E-state index contributed by atoms with van der Waals surface area (Å²) in [4.78, 5) is 2.54. The SMILES string of the molecule is CC[C@@]12C[C@H]3O[C@@H]1[C@@H](O)CN1CCc4c(n3c3ccccc43)[C@@H]12. The predicted molar refractivity (Wildman–Crippen MR) is 87.2 cm³/mol. The Morgan fingerprint density at radius 3 is 3.09 bits per heavy atom. The molecule has 2 saturated heterocycles. The largest absolute Gasteiger partial charge is 0.389 e. The highest BCUT2D eigenvalue weighted by molar-refractivity contribution is 5.86. The fraction of sp³-hybridized carbons (Fsp3) is 0.579. The number of piperidine rings is 1. The van der Waals surface area contributed by atoms with Gasteiger partial charge in [-0.2, -0.15) is 0 Å². The summed E-state index contributed by atoms with van der Waals surface area (Å²) >= 11 is 0. The molecule has 2 aromatic rings. The quantitative estimate of drug-likeness (QED) is 0.880. The van der Waals surface area contributed by atoms with E-state index in [0.717, 1.165) is 32.4 Å². The van der Waals surface area contributed by atoms with Crippen molar-refractivity contribution in [3.63, 3.8) is 0 Å². The first-order chi connectivity index (χ1) is 11.2. The third-order valence-corrected chi connectivity index (χ3v) is 7.02. The molecule has 0 spiro atoms. The Hall–Kier alpha value is -1.36. The van der Waals surface area contributed by atoms with Gasteiger partial charge < -0.3 is 14.4 Å². The maximum Gasteiger partial charge on any atom is 0.135 e. The highest BCUT2D eigenvalue weighted by atomic mass is 16.5. The monoisotopic (exact) mass is 310 g/mol. The third-order valence-electron chi connectivity index (χ3n) is 7.02. The molecule has 4 aliphatic heterocycles. The lowest BCUT2D eigenvalue weighted by molar-refractivity contribution is -0.139. The number of fused-ring (bicyclic) bond motifs is 5. The zero-order chi connectivity index (χ0) is 15.3. The molecule has 0 amide bonds. The van der Waals surface area contributed by atoms with E-state index in [-0.39, 0.29) is 23.9 Å². The van der Waals surface area contributed by atoms with Gasteiger partial charge in [-0.05, 0) is 24.5 Å². The van der Waals surface area contributed by atoms with E-state index in [1.54, 1.807) is 0 Å². The molecule has 1 aromatic heterocycles. The Labute approximate surface area is 135 Å². The van der Waals surface area contributed by atoms with E-state index in [0.29, 0.717) is 6.04 Å². The van der Waals surface area contributed by atoms with Crippen LogP contribution in [0.1, 0.15) is 43.3 Å². The fourth-order valence-corrected chi connectivity index (χ4v) is 6.17. The van der Waals surface area contributed by atoms with Crippen LogP contribution in [0.2, 0.25) is 0 Å². The number of ether oxygens (including phenoxy) is 1. The zero-order valence-corrected chi connectivity index (χ0v) is 13.4. The van der Waals surface area contributed by atoms with Crippen LogP contribution < -0.4 is 0 Å². The predicted octanol–water partition coefficient (Wildman–Crippen LogP) is 2.61. The molecule has 0 unspecified atom stereocenters. The molecule has 1 aromatic carbocycles. The number of hydrogen-bond acceptors (Lipinski definition) is 3. The summed E-state index contributed by atoms with van der Waals surface area (Å²) in [5.74, 6) is 0. The van der Waals surface area contributed by atoms with Crippen LogP contribution in [0.4, 0.5) is 0 Å². The Bertz CT molecular complexity index is 828. The number of hydrogen-bond donors (Lipinski definition) is 1. The number of benzene rings is 1. The molecule has 5 atom stereocenters. The molecule has 0 aliphatic carbocycles. The van der Waals surface area contributed by atoms with Gasteiger partial charge in [-0.25, -0.2) is 0 Å². The molecule has 120 valence electrons. The van der Waals surface area contributed by atoms with E-state index < -0.39 is 0 Å². The number of aliphatic hydroxyl groups is 1. The lowest BCUT2D eigenvalue weighted by Crippen LogP contribution is -2.60. The van der Waals surface area contributed by atoms with Crippen LogP contribution in [0, 0.1) is 5.41 Å². The topological polar surface area (TPSA) is 37.6 Å². The first-order valence-electron chi connectivity index (χ1n) is 8.94. The average molecular weight is 310 g/mol. The Morgan fingerprint density at radius 2 is 2.22 bits per heavy atom. The van der Waals surface area contributed by atoms with Crippen LogP contribution in [0.15, 0.2) is 24.3 Å². The van der Waals surface area contributed by atoms with Gasteiger partial charge in [0.1, 0.15) is 6.23 Å². The van der Waals surface area contributed by atoms with Gasteiger partial charge in [-0.15, -0.1) is 0 Å². The summed E-state index contributed by atoms with van der Waals surface area (Å²) in [7, 11) is 0. The summed E-state index contributed by atoms with van der Waals surface area (Å²) in [6.45, 7) is 4.09. The molecule has 23 heavy (non-hydrogen) atoms. The molecular formula is C19H22N2O2. The highest BCUT2D eigenvalue weighted by Crippen LogP contribution is 2.64. The van der Waals surface area contributed by atoms with Gasteiger partial charge in [0, 0.05) is 36.0 Å². The first-order valence-corrected chi connectivity index (χ1v) is 8.94. The second-order valence-corrected chi connectivity index (χ2v) is 7.77. The van der Waals surface area contributed by atoms with Gasteiger partial charge in [-0.1, -0.05) is 25.1 Å². The van der Waals surface area contributed by atoms with Gasteiger partial charge >= 0.3 is 0 Å².